The number of methoxy groups -OCH3 is 1. The van der Waals surface area contributed by atoms with Gasteiger partial charge >= 0.3 is 0 Å². The molecule has 1 aromatic rings. The van der Waals surface area contributed by atoms with E-state index in [1.807, 2.05) is 6.07 Å². The van der Waals surface area contributed by atoms with Crippen LogP contribution in [0.1, 0.15) is 13.8 Å². The summed E-state index contributed by atoms with van der Waals surface area (Å²) in [6.45, 7) is 7.69. The third-order valence-corrected chi connectivity index (χ3v) is 2.87. The number of nitrogens with one attached hydrogen (secondary N) is 1. The molecule has 0 aliphatic heterocycles. The summed E-state index contributed by atoms with van der Waals surface area (Å²) >= 11 is 0. The summed E-state index contributed by atoms with van der Waals surface area (Å²) in [4.78, 5) is 2.33. The zero-order valence-corrected chi connectivity index (χ0v) is 11.4. The van der Waals surface area contributed by atoms with Crippen molar-refractivity contribution in [2.45, 2.75) is 19.9 Å². The molecule has 18 heavy (non-hydrogen) atoms. The quantitative estimate of drug-likeness (QED) is 0.771. The average molecular weight is 254 g/mol. The Morgan fingerprint density at radius 3 is 2.72 bits per heavy atom. The number of anilines is 1. The highest BCUT2D eigenvalue weighted by Gasteiger charge is 2.08. The smallest absolute Gasteiger partial charge is 0.125 e. The third kappa shape index (κ3) is 5.47. The Morgan fingerprint density at radius 2 is 2.11 bits per heavy atom. The van der Waals surface area contributed by atoms with Crippen LogP contribution in [-0.4, -0.2) is 44.3 Å². The van der Waals surface area contributed by atoms with Crippen molar-refractivity contribution in [3.8, 4) is 0 Å². The molecule has 0 bridgehead atoms. The molecule has 1 rings (SSSR count). The van der Waals surface area contributed by atoms with Crippen LogP contribution >= 0.6 is 0 Å². The topological polar surface area (TPSA) is 24.5 Å². The van der Waals surface area contributed by atoms with Crippen LogP contribution in [-0.2, 0) is 4.74 Å². The molecule has 0 aliphatic carbocycles. The fraction of sp³-hybridized carbons (Fsp3) is 0.571. The van der Waals surface area contributed by atoms with Gasteiger partial charge < -0.3 is 10.1 Å². The van der Waals surface area contributed by atoms with Gasteiger partial charge in [0.05, 0.1) is 6.61 Å². The number of hydrogen-bond donors (Lipinski definition) is 1. The van der Waals surface area contributed by atoms with Crippen LogP contribution < -0.4 is 5.32 Å². The van der Waals surface area contributed by atoms with Crippen molar-refractivity contribution in [3.63, 3.8) is 0 Å². The fourth-order valence-electron chi connectivity index (χ4n) is 1.78. The molecule has 0 fully saturated rings. The van der Waals surface area contributed by atoms with Gasteiger partial charge in [-0.25, -0.2) is 4.39 Å². The molecule has 0 unspecified atom stereocenters. The van der Waals surface area contributed by atoms with Crippen LogP contribution in [0, 0.1) is 5.82 Å². The summed E-state index contributed by atoms with van der Waals surface area (Å²) in [5.41, 5.74) is 0.824. The summed E-state index contributed by atoms with van der Waals surface area (Å²) in [7, 11) is 1.71. The highest BCUT2D eigenvalue weighted by atomic mass is 19.1. The van der Waals surface area contributed by atoms with Crippen LogP contribution in [0.5, 0.6) is 0 Å². The predicted molar refractivity (Wildman–Crippen MR) is 73.5 cm³/mol. The molecular formula is C14H23FN2O. The van der Waals surface area contributed by atoms with E-state index >= 15 is 0 Å². The standard InChI is InChI=1S/C14H23FN2O/c1-12(2)17(9-10-18-3)8-7-16-14-6-4-5-13(15)11-14/h4-6,11-12,16H,7-10H2,1-3H3. The highest BCUT2D eigenvalue weighted by Crippen LogP contribution is 2.08. The summed E-state index contributed by atoms with van der Waals surface area (Å²) in [5.74, 6) is -0.208. The number of rotatable bonds is 8. The number of benzene rings is 1. The van der Waals surface area contributed by atoms with E-state index in [0.29, 0.717) is 6.04 Å². The van der Waals surface area contributed by atoms with Gasteiger partial charge in [-0.3, -0.25) is 4.90 Å². The second-order valence-corrected chi connectivity index (χ2v) is 4.56. The molecule has 102 valence electrons. The zero-order valence-electron chi connectivity index (χ0n) is 11.4. The lowest BCUT2D eigenvalue weighted by atomic mass is 10.3. The first-order chi connectivity index (χ1) is 8.63. The molecule has 4 heteroatoms. The monoisotopic (exact) mass is 254 g/mol. The average Bonchev–Trinajstić information content (AvgIpc) is 2.33. The highest BCUT2D eigenvalue weighted by molar-refractivity contribution is 5.42. The van der Waals surface area contributed by atoms with E-state index in [0.717, 1.165) is 31.9 Å². The lowest BCUT2D eigenvalue weighted by molar-refractivity contribution is 0.132. The Bertz CT molecular complexity index is 344. The van der Waals surface area contributed by atoms with E-state index in [1.54, 1.807) is 13.2 Å². The maximum absolute atomic E-state index is 13.0. The molecule has 3 nitrogen and oxygen atoms in total. The van der Waals surface area contributed by atoms with Crippen LogP contribution in [0.4, 0.5) is 10.1 Å². The summed E-state index contributed by atoms with van der Waals surface area (Å²) in [6, 6.07) is 7.02. The number of nitrogens with zero attached hydrogens (tertiary/aromatic N) is 1. The maximum atomic E-state index is 13.0. The van der Waals surface area contributed by atoms with Crippen molar-refractivity contribution in [1.82, 2.24) is 4.90 Å². The van der Waals surface area contributed by atoms with Gasteiger partial charge in [-0.15, -0.1) is 0 Å². The molecule has 0 aliphatic rings. The Labute approximate surface area is 109 Å². The number of ether oxygens (including phenoxy) is 1. The number of hydrogen-bond acceptors (Lipinski definition) is 3. The Hall–Kier alpha value is -1.13. The minimum absolute atomic E-state index is 0.208. The van der Waals surface area contributed by atoms with Gasteiger partial charge in [0.1, 0.15) is 5.82 Å². The Morgan fingerprint density at radius 1 is 1.33 bits per heavy atom. The first kappa shape index (κ1) is 14.9. The van der Waals surface area contributed by atoms with E-state index < -0.39 is 0 Å². The summed E-state index contributed by atoms with van der Waals surface area (Å²) < 4.78 is 18.1. The summed E-state index contributed by atoms with van der Waals surface area (Å²) in [6.07, 6.45) is 0. The van der Waals surface area contributed by atoms with Gasteiger partial charge in [0.15, 0.2) is 0 Å². The van der Waals surface area contributed by atoms with E-state index in [1.165, 1.54) is 12.1 Å². The van der Waals surface area contributed by atoms with Crippen molar-refractivity contribution >= 4 is 5.69 Å². The molecule has 0 saturated carbocycles. The first-order valence-electron chi connectivity index (χ1n) is 6.36. The van der Waals surface area contributed by atoms with Crippen molar-refractivity contribution in [1.29, 1.82) is 0 Å². The summed E-state index contributed by atoms with van der Waals surface area (Å²) in [5, 5.41) is 3.22. The van der Waals surface area contributed by atoms with E-state index in [2.05, 4.69) is 24.1 Å². The normalized spacial score (nSPS) is 11.2. The molecule has 0 atom stereocenters. The van der Waals surface area contributed by atoms with Crippen LogP contribution in [0.2, 0.25) is 0 Å². The zero-order chi connectivity index (χ0) is 13.4. The lowest BCUT2D eigenvalue weighted by Gasteiger charge is -2.26. The maximum Gasteiger partial charge on any atom is 0.125 e. The SMILES string of the molecule is COCCN(CCNc1cccc(F)c1)C(C)C. The Balaban J connectivity index is 2.34. The number of halogens is 1. The molecule has 0 heterocycles. The third-order valence-electron chi connectivity index (χ3n) is 2.87. The van der Waals surface area contributed by atoms with Gasteiger partial charge in [0.2, 0.25) is 0 Å². The van der Waals surface area contributed by atoms with Gasteiger partial charge in [-0.1, -0.05) is 6.07 Å². The van der Waals surface area contributed by atoms with Crippen molar-refractivity contribution in [2.75, 3.05) is 38.7 Å². The second-order valence-electron chi connectivity index (χ2n) is 4.56. The molecule has 0 radical (unpaired) electrons. The molecule has 1 N–H and O–H groups in total. The largest absolute Gasteiger partial charge is 0.384 e. The Kier molecular flexibility index (Phi) is 6.68. The van der Waals surface area contributed by atoms with Crippen LogP contribution in [0.25, 0.3) is 0 Å². The first-order valence-corrected chi connectivity index (χ1v) is 6.36. The van der Waals surface area contributed by atoms with Crippen LogP contribution in [0.3, 0.4) is 0 Å². The minimum Gasteiger partial charge on any atom is -0.384 e. The van der Waals surface area contributed by atoms with Gasteiger partial charge in [-0.05, 0) is 32.0 Å². The molecule has 0 aromatic heterocycles. The van der Waals surface area contributed by atoms with Gasteiger partial charge in [0.25, 0.3) is 0 Å². The molecule has 0 saturated heterocycles. The van der Waals surface area contributed by atoms with Crippen molar-refractivity contribution < 1.29 is 9.13 Å². The van der Waals surface area contributed by atoms with Gasteiger partial charge in [-0.2, -0.15) is 0 Å². The van der Waals surface area contributed by atoms with E-state index in [9.17, 15) is 4.39 Å². The van der Waals surface area contributed by atoms with Crippen molar-refractivity contribution in [2.24, 2.45) is 0 Å². The minimum atomic E-state index is -0.208. The fourth-order valence-corrected chi connectivity index (χ4v) is 1.78. The lowest BCUT2D eigenvalue weighted by Crippen LogP contribution is -2.37. The van der Waals surface area contributed by atoms with Gasteiger partial charge in [0, 0.05) is 38.5 Å². The van der Waals surface area contributed by atoms with Crippen molar-refractivity contribution in [3.05, 3.63) is 30.1 Å². The molecule has 0 amide bonds. The van der Waals surface area contributed by atoms with E-state index in [-0.39, 0.29) is 5.82 Å². The molecule has 0 spiro atoms. The molecular weight excluding hydrogens is 231 g/mol. The van der Waals surface area contributed by atoms with Crippen LogP contribution in [0.15, 0.2) is 24.3 Å². The second kappa shape index (κ2) is 8.06. The molecule has 1 aromatic carbocycles. The van der Waals surface area contributed by atoms with E-state index in [4.69, 9.17) is 4.74 Å². The predicted octanol–water partition coefficient (Wildman–Crippen LogP) is 2.59.